The lowest BCUT2D eigenvalue weighted by Crippen LogP contribution is -3.16. The first-order valence-corrected chi connectivity index (χ1v) is 9.20. The smallest absolute Gasteiger partial charge is 0.251 e. The van der Waals surface area contributed by atoms with Gasteiger partial charge in [-0.15, -0.1) is 11.8 Å². The predicted molar refractivity (Wildman–Crippen MR) is 89.2 cm³/mol. The van der Waals surface area contributed by atoms with E-state index in [0.717, 1.165) is 24.6 Å². The van der Waals surface area contributed by atoms with Crippen molar-refractivity contribution in [2.75, 3.05) is 25.9 Å². The van der Waals surface area contributed by atoms with Gasteiger partial charge in [0, 0.05) is 23.4 Å². The van der Waals surface area contributed by atoms with E-state index in [1.807, 2.05) is 30.5 Å². The Morgan fingerprint density at radius 3 is 2.76 bits per heavy atom. The summed E-state index contributed by atoms with van der Waals surface area (Å²) in [4.78, 5) is 14.9. The second kappa shape index (κ2) is 8.44. The van der Waals surface area contributed by atoms with Crippen LogP contribution in [-0.2, 0) is 0 Å². The van der Waals surface area contributed by atoms with E-state index in [0.29, 0.717) is 0 Å². The summed E-state index contributed by atoms with van der Waals surface area (Å²) in [6.07, 6.45) is 7.19. The number of benzene rings is 1. The number of likely N-dealkylation sites (tertiary alicyclic amines) is 1. The SMILES string of the molecule is CSc1ccc(C(=O)NCCC[NH+]2CCCC[C@H]2C)cc1. The molecule has 2 rings (SSSR count). The summed E-state index contributed by atoms with van der Waals surface area (Å²) in [5.74, 6) is 0.0457. The molecule has 0 spiro atoms. The van der Waals surface area contributed by atoms with Gasteiger partial charge in [-0.25, -0.2) is 0 Å². The first kappa shape index (κ1) is 16.4. The molecule has 0 bridgehead atoms. The summed E-state index contributed by atoms with van der Waals surface area (Å²) < 4.78 is 0. The number of amides is 1. The van der Waals surface area contributed by atoms with Gasteiger partial charge in [0.25, 0.3) is 5.91 Å². The van der Waals surface area contributed by atoms with E-state index in [4.69, 9.17) is 0 Å². The molecule has 0 radical (unpaired) electrons. The van der Waals surface area contributed by atoms with E-state index in [1.165, 1.54) is 37.2 Å². The average molecular weight is 307 g/mol. The molecule has 2 atom stereocenters. The minimum atomic E-state index is 0.0457. The van der Waals surface area contributed by atoms with Gasteiger partial charge in [0.2, 0.25) is 0 Å². The maximum absolute atomic E-state index is 12.0. The van der Waals surface area contributed by atoms with Gasteiger partial charge in [0.1, 0.15) is 0 Å². The van der Waals surface area contributed by atoms with Crippen molar-refractivity contribution < 1.29 is 9.69 Å². The normalized spacial score (nSPS) is 22.0. The van der Waals surface area contributed by atoms with Gasteiger partial charge < -0.3 is 10.2 Å². The number of carbonyl (C=O) groups excluding carboxylic acids is 1. The largest absolute Gasteiger partial charge is 0.352 e. The van der Waals surface area contributed by atoms with Crippen molar-refractivity contribution in [2.24, 2.45) is 0 Å². The maximum atomic E-state index is 12.0. The van der Waals surface area contributed by atoms with Crippen molar-refractivity contribution in [1.82, 2.24) is 5.32 Å². The molecule has 1 saturated heterocycles. The van der Waals surface area contributed by atoms with Gasteiger partial charge in [0.05, 0.1) is 19.1 Å². The lowest BCUT2D eigenvalue weighted by molar-refractivity contribution is -0.928. The Kier molecular flexibility index (Phi) is 6.58. The summed E-state index contributed by atoms with van der Waals surface area (Å²) in [6, 6.07) is 8.59. The van der Waals surface area contributed by atoms with Crippen LogP contribution in [0.2, 0.25) is 0 Å². The van der Waals surface area contributed by atoms with Crippen molar-refractivity contribution >= 4 is 17.7 Å². The quantitative estimate of drug-likeness (QED) is 0.622. The molecule has 1 aliphatic heterocycles. The summed E-state index contributed by atoms with van der Waals surface area (Å²) in [6.45, 7) is 5.60. The maximum Gasteiger partial charge on any atom is 0.251 e. The molecule has 1 amide bonds. The molecule has 1 fully saturated rings. The molecule has 0 saturated carbocycles. The third-order valence-electron chi connectivity index (χ3n) is 4.39. The lowest BCUT2D eigenvalue weighted by Gasteiger charge is -2.30. The molecular weight excluding hydrogens is 280 g/mol. The van der Waals surface area contributed by atoms with Crippen LogP contribution in [0.4, 0.5) is 0 Å². The molecule has 116 valence electrons. The molecule has 3 nitrogen and oxygen atoms in total. The molecule has 1 aromatic carbocycles. The van der Waals surface area contributed by atoms with Crippen molar-refractivity contribution in [2.45, 2.75) is 43.5 Å². The van der Waals surface area contributed by atoms with Crippen molar-refractivity contribution in [3.8, 4) is 0 Å². The summed E-state index contributed by atoms with van der Waals surface area (Å²) in [7, 11) is 0. The van der Waals surface area contributed by atoms with Crippen molar-refractivity contribution in [3.63, 3.8) is 0 Å². The van der Waals surface area contributed by atoms with E-state index in [1.54, 1.807) is 16.7 Å². The second-order valence-corrected chi connectivity index (χ2v) is 6.77. The summed E-state index contributed by atoms with van der Waals surface area (Å²) >= 11 is 1.69. The fourth-order valence-electron chi connectivity index (χ4n) is 2.99. The summed E-state index contributed by atoms with van der Waals surface area (Å²) in [5, 5.41) is 3.03. The molecular formula is C17H27N2OS+. The number of quaternary nitrogens is 1. The Bertz CT molecular complexity index is 447. The molecule has 0 aliphatic carbocycles. The molecule has 1 heterocycles. The second-order valence-electron chi connectivity index (χ2n) is 5.89. The highest BCUT2D eigenvalue weighted by Gasteiger charge is 2.20. The first-order chi connectivity index (χ1) is 10.2. The molecule has 1 aromatic rings. The number of thioether (sulfide) groups is 1. The van der Waals surface area contributed by atoms with E-state index < -0.39 is 0 Å². The first-order valence-electron chi connectivity index (χ1n) is 7.97. The number of hydrogen-bond acceptors (Lipinski definition) is 2. The third kappa shape index (κ3) is 5.04. The number of hydrogen-bond donors (Lipinski definition) is 2. The van der Waals surface area contributed by atoms with Crippen LogP contribution in [0.15, 0.2) is 29.2 Å². The highest BCUT2D eigenvalue weighted by atomic mass is 32.2. The summed E-state index contributed by atoms with van der Waals surface area (Å²) in [5.41, 5.74) is 0.756. The van der Waals surface area contributed by atoms with Crippen LogP contribution in [0.3, 0.4) is 0 Å². The Morgan fingerprint density at radius 2 is 2.10 bits per heavy atom. The zero-order valence-electron chi connectivity index (χ0n) is 13.2. The predicted octanol–water partition coefficient (Wildman–Crippen LogP) is 1.99. The van der Waals surface area contributed by atoms with Crippen LogP contribution >= 0.6 is 11.8 Å². The minimum Gasteiger partial charge on any atom is -0.352 e. The Hall–Kier alpha value is -1.00. The zero-order valence-corrected chi connectivity index (χ0v) is 14.0. The van der Waals surface area contributed by atoms with Gasteiger partial charge in [-0.1, -0.05) is 0 Å². The molecule has 4 heteroatoms. The third-order valence-corrected chi connectivity index (χ3v) is 5.14. The Morgan fingerprint density at radius 1 is 1.33 bits per heavy atom. The van der Waals surface area contributed by atoms with Crippen LogP contribution in [0.25, 0.3) is 0 Å². The standard InChI is InChI=1S/C17H26N2OS/c1-14-6-3-4-12-19(14)13-5-11-18-17(20)15-7-9-16(21-2)10-8-15/h7-10,14H,3-6,11-13H2,1-2H3,(H,18,20)/p+1/t14-/m1/s1. The van der Waals surface area contributed by atoms with E-state index >= 15 is 0 Å². The topological polar surface area (TPSA) is 33.5 Å². The van der Waals surface area contributed by atoms with Gasteiger partial charge >= 0.3 is 0 Å². The van der Waals surface area contributed by atoms with Gasteiger partial charge in [0.15, 0.2) is 0 Å². The van der Waals surface area contributed by atoms with Crippen molar-refractivity contribution in [1.29, 1.82) is 0 Å². The Labute approximate surface area is 132 Å². The highest BCUT2D eigenvalue weighted by Crippen LogP contribution is 2.14. The fourth-order valence-corrected chi connectivity index (χ4v) is 3.39. The number of nitrogens with one attached hydrogen (secondary N) is 2. The van der Waals surface area contributed by atoms with Crippen LogP contribution in [0, 0.1) is 0 Å². The highest BCUT2D eigenvalue weighted by molar-refractivity contribution is 7.98. The van der Waals surface area contributed by atoms with E-state index in [-0.39, 0.29) is 5.91 Å². The van der Waals surface area contributed by atoms with E-state index in [2.05, 4.69) is 12.2 Å². The van der Waals surface area contributed by atoms with Crippen molar-refractivity contribution in [3.05, 3.63) is 29.8 Å². The molecule has 0 aromatic heterocycles. The van der Waals surface area contributed by atoms with Crippen LogP contribution < -0.4 is 10.2 Å². The number of piperidine rings is 1. The van der Waals surface area contributed by atoms with Crippen LogP contribution in [0.1, 0.15) is 43.0 Å². The van der Waals surface area contributed by atoms with E-state index in [9.17, 15) is 4.79 Å². The average Bonchev–Trinajstić information content (AvgIpc) is 2.53. The lowest BCUT2D eigenvalue weighted by atomic mass is 10.0. The minimum absolute atomic E-state index is 0.0457. The van der Waals surface area contributed by atoms with Crippen LogP contribution in [-0.4, -0.2) is 37.8 Å². The zero-order chi connectivity index (χ0) is 15.1. The molecule has 2 N–H and O–H groups in total. The molecule has 1 unspecified atom stereocenters. The fraction of sp³-hybridized carbons (Fsp3) is 0.588. The van der Waals surface area contributed by atoms with Crippen LogP contribution in [0.5, 0.6) is 0 Å². The number of carbonyl (C=O) groups is 1. The van der Waals surface area contributed by atoms with Gasteiger partial charge in [-0.2, -0.15) is 0 Å². The number of rotatable bonds is 6. The molecule has 21 heavy (non-hydrogen) atoms. The monoisotopic (exact) mass is 307 g/mol. The van der Waals surface area contributed by atoms with Gasteiger partial charge in [-0.3, -0.25) is 4.79 Å². The van der Waals surface area contributed by atoms with Gasteiger partial charge in [-0.05, 0) is 56.7 Å². The Balaban J connectivity index is 1.68. The molecule has 1 aliphatic rings.